The highest BCUT2D eigenvalue weighted by molar-refractivity contribution is 6.31. The minimum absolute atomic E-state index is 0.410. The summed E-state index contributed by atoms with van der Waals surface area (Å²) in [6, 6.07) is -0.601. The van der Waals surface area contributed by atoms with Crippen LogP contribution in [-0.4, -0.2) is 26.9 Å². The van der Waals surface area contributed by atoms with Crippen LogP contribution in [0.4, 0.5) is 0 Å². The van der Waals surface area contributed by atoms with E-state index in [-0.39, 0.29) is 0 Å². The molecule has 1 unspecified atom stereocenters. The zero-order chi connectivity index (χ0) is 13.0. The van der Waals surface area contributed by atoms with Gasteiger partial charge >= 0.3 is 5.97 Å². The Morgan fingerprint density at radius 1 is 1.59 bits per heavy atom. The number of carbonyl (C=O) groups is 1. The van der Waals surface area contributed by atoms with Crippen molar-refractivity contribution < 1.29 is 9.90 Å². The molecule has 1 heterocycles. The van der Waals surface area contributed by atoms with Crippen LogP contribution in [0.25, 0.3) is 0 Å². The molecule has 1 atom stereocenters. The minimum Gasteiger partial charge on any atom is -0.480 e. The SMILES string of the molecule is CCc1nn(CC)c(CNC(C)C(=O)O)c1Cl. The molecule has 0 fully saturated rings. The van der Waals surface area contributed by atoms with Crippen molar-refractivity contribution in [1.82, 2.24) is 15.1 Å². The lowest BCUT2D eigenvalue weighted by Crippen LogP contribution is -2.33. The second-order valence-electron chi connectivity index (χ2n) is 3.82. The summed E-state index contributed by atoms with van der Waals surface area (Å²) >= 11 is 6.20. The predicted molar refractivity (Wildman–Crippen MR) is 66.2 cm³/mol. The van der Waals surface area contributed by atoms with Gasteiger partial charge in [-0.15, -0.1) is 0 Å². The molecule has 5 nitrogen and oxygen atoms in total. The summed E-state index contributed by atoms with van der Waals surface area (Å²) in [7, 11) is 0. The van der Waals surface area contributed by atoms with Crippen LogP contribution in [0.3, 0.4) is 0 Å². The van der Waals surface area contributed by atoms with E-state index in [1.54, 1.807) is 6.92 Å². The topological polar surface area (TPSA) is 67.2 Å². The van der Waals surface area contributed by atoms with Gasteiger partial charge in [-0.05, 0) is 20.3 Å². The number of carboxylic acid groups (broad SMARTS) is 1. The van der Waals surface area contributed by atoms with Crippen LogP contribution in [-0.2, 0) is 24.3 Å². The smallest absolute Gasteiger partial charge is 0.320 e. The minimum atomic E-state index is -0.876. The van der Waals surface area contributed by atoms with Gasteiger partial charge in [-0.1, -0.05) is 18.5 Å². The third-order valence-electron chi connectivity index (χ3n) is 2.64. The standard InChI is InChI=1S/C11H18ClN3O2/c1-4-8-10(12)9(15(5-2)14-8)6-13-7(3)11(16)17/h7,13H,4-6H2,1-3H3,(H,16,17). The number of aryl methyl sites for hydroxylation is 2. The van der Waals surface area contributed by atoms with Crippen molar-refractivity contribution in [2.45, 2.75) is 46.3 Å². The number of carboxylic acids is 1. The first-order chi connectivity index (χ1) is 8.01. The third-order valence-corrected chi connectivity index (χ3v) is 3.08. The Morgan fingerprint density at radius 2 is 2.24 bits per heavy atom. The molecule has 0 aliphatic heterocycles. The van der Waals surface area contributed by atoms with Gasteiger partial charge in [0.15, 0.2) is 0 Å². The summed E-state index contributed by atoms with van der Waals surface area (Å²) in [6.45, 7) is 6.70. The van der Waals surface area contributed by atoms with Gasteiger partial charge in [0.1, 0.15) is 6.04 Å². The summed E-state index contributed by atoms with van der Waals surface area (Å²) in [5.74, 6) is -0.876. The summed E-state index contributed by atoms with van der Waals surface area (Å²) in [4.78, 5) is 10.7. The maximum atomic E-state index is 10.7. The predicted octanol–water partition coefficient (Wildman–Crippen LogP) is 1.68. The summed E-state index contributed by atoms with van der Waals surface area (Å²) in [6.07, 6.45) is 0.771. The molecule has 96 valence electrons. The van der Waals surface area contributed by atoms with Crippen molar-refractivity contribution in [2.75, 3.05) is 0 Å². The molecular formula is C11H18ClN3O2. The average molecular weight is 260 g/mol. The molecule has 17 heavy (non-hydrogen) atoms. The van der Waals surface area contributed by atoms with E-state index in [1.165, 1.54) is 0 Å². The van der Waals surface area contributed by atoms with Crippen molar-refractivity contribution in [2.24, 2.45) is 0 Å². The molecule has 0 saturated heterocycles. The highest BCUT2D eigenvalue weighted by Gasteiger charge is 2.16. The van der Waals surface area contributed by atoms with Crippen LogP contribution >= 0.6 is 11.6 Å². The monoisotopic (exact) mass is 259 g/mol. The van der Waals surface area contributed by atoms with E-state index in [1.807, 2.05) is 18.5 Å². The quantitative estimate of drug-likeness (QED) is 0.816. The first-order valence-corrected chi connectivity index (χ1v) is 6.09. The fourth-order valence-electron chi connectivity index (χ4n) is 1.52. The van der Waals surface area contributed by atoms with E-state index in [0.717, 1.165) is 24.4 Å². The Balaban J connectivity index is 2.82. The molecule has 0 aliphatic carbocycles. The maximum absolute atomic E-state index is 10.7. The highest BCUT2D eigenvalue weighted by Crippen LogP contribution is 2.21. The summed E-state index contributed by atoms with van der Waals surface area (Å²) in [5, 5.41) is 16.7. The van der Waals surface area contributed by atoms with Crippen LogP contribution < -0.4 is 5.32 Å². The Morgan fingerprint density at radius 3 is 2.71 bits per heavy atom. The molecule has 1 rings (SSSR count). The first-order valence-electron chi connectivity index (χ1n) is 5.71. The van der Waals surface area contributed by atoms with Crippen molar-refractivity contribution in [3.63, 3.8) is 0 Å². The molecule has 0 bridgehead atoms. The lowest BCUT2D eigenvalue weighted by molar-refractivity contribution is -0.139. The van der Waals surface area contributed by atoms with Crippen LogP contribution in [0.1, 0.15) is 32.2 Å². The maximum Gasteiger partial charge on any atom is 0.320 e. The van der Waals surface area contributed by atoms with E-state index >= 15 is 0 Å². The van der Waals surface area contributed by atoms with Crippen LogP contribution in [0.15, 0.2) is 0 Å². The molecule has 0 spiro atoms. The van der Waals surface area contributed by atoms with Crippen molar-refractivity contribution in [3.05, 3.63) is 16.4 Å². The van der Waals surface area contributed by atoms with E-state index in [2.05, 4.69) is 10.4 Å². The van der Waals surface area contributed by atoms with E-state index in [4.69, 9.17) is 16.7 Å². The largest absolute Gasteiger partial charge is 0.480 e. The molecule has 0 saturated carbocycles. The second-order valence-corrected chi connectivity index (χ2v) is 4.20. The fourth-order valence-corrected chi connectivity index (χ4v) is 1.86. The van der Waals surface area contributed by atoms with Gasteiger partial charge in [-0.2, -0.15) is 5.10 Å². The Hall–Kier alpha value is -1.07. The number of hydrogen-bond donors (Lipinski definition) is 2. The van der Waals surface area contributed by atoms with E-state index in [0.29, 0.717) is 11.6 Å². The van der Waals surface area contributed by atoms with Crippen LogP contribution in [0, 0.1) is 0 Å². The number of aliphatic carboxylic acids is 1. The zero-order valence-corrected chi connectivity index (χ0v) is 11.1. The normalized spacial score (nSPS) is 12.7. The molecule has 1 aromatic rings. The molecule has 0 amide bonds. The molecule has 0 aliphatic rings. The zero-order valence-electron chi connectivity index (χ0n) is 10.3. The van der Waals surface area contributed by atoms with Gasteiger partial charge in [0.2, 0.25) is 0 Å². The van der Waals surface area contributed by atoms with Gasteiger partial charge < -0.3 is 5.11 Å². The highest BCUT2D eigenvalue weighted by atomic mass is 35.5. The van der Waals surface area contributed by atoms with E-state index in [9.17, 15) is 4.79 Å². The Bertz CT molecular complexity index is 404. The van der Waals surface area contributed by atoms with Gasteiger partial charge in [0.25, 0.3) is 0 Å². The molecule has 6 heteroatoms. The van der Waals surface area contributed by atoms with Crippen molar-refractivity contribution in [1.29, 1.82) is 0 Å². The number of nitrogens with one attached hydrogen (secondary N) is 1. The van der Waals surface area contributed by atoms with Gasteiger partial charge in [-0.3, -0.25) is 14.8 Å². The molecule has 2 N–H and O–H groups in total. The molecule has 0 aromatic carbocycles. The Labute approximate surface area is 106 Å². The lowest BCUT2D eigenvalue weighted by Gasteiger charge is -2.10. The van der Waals surface area contributed by atoms with Crippen molar-refractivity contribution in [3.8, 4) is 0 Å². The third kappa shape index (κ3) is 3.20. The summed E-state index contributed by atoms with van der Waals surface area (Å²) in [5.41, 5.74) is 1.70. The summed E-state index contributed by atoms with van der Waals surface area (Å²) < 4.78 is 1.81. The molecule has 1 aromatic heterocycles. The number of hydrogen-bond acceptors (Lipinski definition) is 3. The molecule has 0 radical (unpaired) electrons. The number of nitrogens with zero attached hydrogens (tertiary/aromatic N) is 2. The van der Waals surface area contributed by atoms with Gasteiger partial charge in [0, 0.05) is 13.1 Å². The lowest BCUT2D eigenvalue weighted by atomic mass is 10.2. The molecular weight excluding hydrogens is 242 g/mol. The number of halogens is 1. The fraction of sp³-hybridized carbons (Fsp3) is 0.636. The van der Waals surface area contributed by atoms with Crippen molar-refractivity contribution >= 4 is 17.6 Å². The van der Waals surface area contributed by atoms with Crippen LogP contribution in [0.5, 0.6) is 0 Å². The van der Waals surface area contributed by atoms with E-state index < -0.39 is 12.0 Å². The first kappa shape index (κ1) is 14.0. The van der Waals surface area contributed by atoms with Gasteiger partial charge in [0.05, 0.1) is 16.4 Å². The number of rotatable bonds is 6. The van der Waals surface area contributed by atoms with Gasteiger partial charge in [-0.25, -0.2) is 0 Å². The Kier molecular flexibility index (Phi) is 4.96. The average Bonchev–Trinajstić information content (AvgIpc) is 2.62. The number of aromatic nitrogens is 2. The second kappa shape index (κ2) is 6.02. The van der Waals surface area contributed by atoms with Crippen LogP contribution in [0.2, 0.25) is 5.02 Å².